The van der Waals surface area contributed by atoms with E-state index in [1.807, 2.05) is 19.3 Å². The second-order valence-corrected chi connectivity index (χ2v) is 1.82. The van der Waals surface area contributed by atoms with Gasteiger partial charge in [0.1, 0.15) is 0 Å². The maximum atomic E-state index is 2.12. The van der Waals surface area contributed by atoms with Gasteiger partial charge < -0.3 is 0 Å². The molecule has 2 nitrogen and oxygen atoms in total. The van der Waals surface area contributed by atoms with Crippen molar-refractivity contribution in [2.45, 2.75) is 6.82 Å². The van der Waals surface area contributed by atoms with Crippen LogP contribution in [-0.4, -0.2) is 12.0 Å². The molecule has 0 aliphatic heterocycles. The average Bonchev–Trinajstić information content (AvgIpc) is 2.14. The highest BCUT2D eigenvalue weighted by Crippen LogP contribution is 1.73. The minimum Gasteiger partial charge on any atom is -0.220 e. The first-order chi connectivity index (χ1) is 3.84. The van der Waals surface area contributed by atoms with Crippen LogP contribution < -0.4 is 4.68 Å². The second kappa shape index (κ2) is 2.03. The molecule has 0 amide bonds. The lowest BCUT2D eigenvalue weighted by Gasteiger charge is -1.88. The summed E-state index contributed by atoms with van der Waals surface area (Å²) in [6, 6.07) is 2.03. The van der Waals surface area contributed by atoms with Crippen LogP contribution in [0.15, 0.2) is 18.5 Å². The van der Waals surface area contributed by atoms with E-state index < -0.39 is 0 Å². The Morgan fingerprint density at radius 1 is 1.62 bits per heavy atom. The standard InChI is InChI=1S/C5H10BN2/c1-6-8-5-3-4-7(8)2/h3-6H,1-2H3/q+1. The molecule has 42 valence electrons. The molecule has 0 atom stereocenters. The van der Waals surface area contributed by atoms with E-state index in [0.717, 1.165) is 7.41 Å². The molecule has 1 rings (SSSR count). The van der Waals surface area contributed by atoms with E-state index in [9.17, 15) is 0 Å². The van der Waals surface area contributed by atoms with Gasteiger partial charge in [0.05, 0.1) is 6.20 Å². The lowest BCUT2D eigenvalue weighted by atomic mass is 10.0. The van der Waals surface area contributed by atoms with E-state index in [4.69, 9.17) is 0 Å². The molecule has 1 aromatic heterocycles. The van der Waals surface area contributed by atoms with Crippen molar-refractivity contribution in [2.75, 3.05) is 0 Å². The molecule has 3 heteroatoms. The molecule has 0 bridgehead atoms. The predicted octanol–water partition coefficient (Wildman–Crippen LogP) is -0.440. The van der Waals surface area contributed by atoms with Crippen LogP contribution >= 0.6 is 0 Å². The summed E-state index contributed by atoms with van der Waals surface area (Å²) in [5.41, 5.74) is 0. The van der Waals surface area contributed by atoms with Gasteiger partial charge in [-0.3, -0.25) is 0 Å². The van der Waals surface area contributed by atoms with Crippen LogP contribution in [0, 0.1) is 0 Å². The zero-order valence-corrected chi connectivity index (χ0v) is 5.33. The minimum absolute atomic E-state index is 1.05. The Balaban J connectivity index is 2.92. The largest absolute Gasteiger partial charge is 0.315 e. The van der Waals surface area contributed by atoms with Gasteiger partial charge in [0.25, 0.3) is 0 Å². The van der Waals surface area contributed by atoms with Crippen molar-refractivity contribution in [3.8, 4) is 0 Å². The van der Waals surface area contributed by atoms with Crippen molar-refractivity contribution in [1.29, 1.82) is 0 Å². The molecule has 0 unspecified atom stereocenters. The SMILES string of the molecule is CBn1ccc[n+]1C. The number of aromatic nitrogens is 2. The molecule has 0 aliphatic carbocycles. The lowest BCUT2D eigenvalue weighted by molar-refractivity contribution is -0.738. The van der Waals surface area contributed by atoms with Crippen LogP contribution in [-0.2, 0) is 7.05 Å². The third-order valence-electron chi connectivity index (χ3n) is 1.29. The van der Waals surface area contributed by atoms with E-state index in [1.165, 1.54) is 0 Å². The molecule has 0 saturated heterocycles. The molecule has 0 fully saturated rings. The topological polar surface area (TPSA) is 8.81 Å². The number of hydrogen-bond acceptors (Lipinski definition) is 0. The van der Waals surface area contributed by atoms with Gasteiger partial charge in [0.2, 0.25) is 0 Å². The van der Waals surface area contributed by atoms with Gasteiger partial charge in [0, 0.05) is 6.07 Å². The Morgan fingerprint density at radius 2 is 2.38 bits per heavy atom. The van der Waals surface area contributed by atoms with Crippen molar-refractivity contribution in [3.63, 3.8) is 0 Å². The number of rotatable bonds is 1. The summed E-state index contributed by atoms with van der Waals surface area (Å²) in [6.07, 6.45) is 4.09. The summed E-state index contributed by atoms with van der Waals surface area (Å²) < 4.78 is 4.18. The molecule has 8 heavy (non-hydrogen) atoms. The molecule has 1 heterocycles. The molecular weight excluding hydrogens is 98.9 g/mol. The zero-order valence-electron chi connectivity index (χ0n) is 5.33. The van der Waals surface area contributed by atoms with Gasteiger partial charge in [-0.2, -0.15) is 0 Å². The predicted molar refractivity (Wildman–Crippen MR) is 34.0 cm³/mol. The van der Waals surface area contributed by atoms with E-state index in [1.54, 1.807) is 0 Å². The Bertz CT molecular complexity index is 171. The molecule has 0 saturated carbocycles. The Morgan fingerprint density at radius 3 is 2.62 bits per heavy atom. The molecule has 0 spiro atoms. The first-order valence-corrected chi connectivity index (χ1v) is 2.85. The Kier molecular flexibility index (Phi) is 1.37. The van der Waals surface area contributed by atoms with Crippen LogP contribution in [0.4, 0.5) is 0 Å². The fourth-order valence-electron chi connectivity index (χ4n) is 0.782. The number of nitrogens with zero attached hydrogens (tertiary/aromatic N) is 2. The molecule has 0 aliphatic rings. The second-order valence-electron chi connectivity index (χ2n) is 1.82. The van der Waals surface area contributed by atoms with Crippen LogP contribution in [0.5, 0.6) is 0 Å². The van der Waals surface area contributed by atoms with Crippen LogP contribution in [0.1, 0.15) is 0 Å². The van der Waals surface area contributed by atoms with Crippen molar-refractivity contribution < 1.29 is 4.68 Å². The van der Waals surface area contributed by atoms with Gasteiger partial charge >= 0.3 is 7.41 Å². The van der Waals surface area contributed by atoms with Crippen LogP contribution in [0.3, 0.4) is 0 Å². The number of hydrogen-bond donors (Lipinski definition) is 0. The minimum atomic E-state index is 1.05. The summed E-state index contributed by atoms with van der Waals surface area (Å²) in [7, 11) is 3.08. The average molecular weight is 109 g/mol. The first-order valence-electron chi connectivity index (χ1n) is 2.85. The summed E-state index contributed by atoms with van der Waals surface area (Å²) >= 11 is 0. The van der Waals surface area contributed by atoms with Gasteiger partial charge in [-0.1, -0.05) is 6.82 Å². The quantitative estimate of drug-likeness (QED) is 0.341. The van der Waals surface area contributed by atoms with E-state index in [-0.39, 0.29) is 0 Å². The van der Waals surface area contributed by atoms with Crippen molar-refractivity contribution in [2.24, 2.45) is 7.05 Å². The Hall–Kier alpha value is -0.725. The lowest BCUT2D eigenvalue weighted by Crippen LogP contribution is -2.39. The highest BCUT2D eigenvalue weighted by molar-refractivity contribution is 6.30. The summed E-state index contributed by atoms with van der Waals surface area (Å²) in [5.74, 6) is 0. The fourth-order valence-corrected chi connectivity index (χ4v) is 0.782. The molecular formula is C5H10BN2+. The van der Waals surface area contributed by atoms with Gasteiger partial charge in [-0.15, -0.1) is 4.68 Å². The fraction of sp³-hybridized carbons (Fsp3) is 0.400. The zero-order chi connectivity index (χ0) is 5.98. The summed E-state index contributed by atoms with van der Waals surface area (Å²) in [4.78, 5) is 0. The maximum absolute atomic E-state index is 2.12. The van der Waals surface area contributed by atoms with Crippen LogP contribution in [0.2, 0.25) is 6.82 Å². The highest BCUT2D eigenvalue weighted by Gasteiger charge is 1.96. The Labute approximate surface area is 50.0 Å². The summed E-state index contributed by atoms with van der Waals surface area (Å²) in [6.45, 7) is 2.12. The smallest absolute Gasteiger partial charge is 0.220 e. The molecule has 0 aromatic carbocycles. The molecule has 0 N–H and O–H groups in total. The van der Waals surface area contributed by atoms with E-state index >= 15 is 0 Å². The third kappa shape index (κ3) is 0.758. The monoisotopic (exact) mass is 109 g/mol. The summed E-state index contributed by atoms with van der Waals surface area (Å²) in [5, 5.41) is 0. The van der Waals surface area contributed by atoms with Gasteiger partial charge in [-0.25, -0.2) is 4.59 Å². The molecule has 0 radical (unpaired) electrons. The first kappa shape index (κ1) is 5.41. The highest BCUT2D eigenvalue weighted by atomic mass is 15.3. The van der Waals surface area contributed by atoms with Gasteiger partial charge in [0.15, 0.2) is 13.2 Å². The third-order valence-corrected chi connectivity index (χ3v) is 1.29. The van der Waals surface area contributed by atoms with Crippen molar-refractivity contribution >= 4 is 7.41 Å². The van der Waals surface area contributed by atoms with Crippen molar-refractivity contribution in [1.82, 2.24) is 4.59 Å². The number of aryl methyl sites for hydroxylation is 1. The van der Waals surface area contributed by atoms with Crippen molar-refractivity contribution in [3.05, 3.63) is 18.5 Å². The molecule has 1 aromatic rings. The van der Waals surface area contributed by atoms with Gasteiger partial charge in [-0.05, 0) is 0 Å². The van der Waals surface area contributed by atoms with Crippen LogP contribution in [0.25, 0.3) is 0 Å². The van der Waals surface area contributed by atoms with E-state index in [0.29, 0.717) is 0 Å². The maximum Gasteiger partial charge on any atom is 0.315 e. The normalized spacial score (nSPS) is 9.25. The van der Waals surface area contributed by atoms with E-state index in [2.05, 4.69) is 22.3 Å².